The van der Waals surface area contributed by atoms with Crippen molar-refractivity contribution < 1.29 is 4.74 Å². The quantitative estimate of drug-likeness (QED) is 0.702. The summed E-state index contributed by atoms with van der Waals surface area (Å²) in [5.74, 6) is 0.632. The summed E-state index contributed by atoms with van der Waals surface area (Å²) in [6.07, 6.45) is 6.51. The van der Waals surface area contributed by atoms with E-state index >= 15 is 0 Å². The van der Waals surface area contributed by atoms with Gasteiger partial charge in [0.25, 0.3) is 0 Å². The fourth-order valence-corrected chi connectivity index (χ4v) is 1.89. The molecule has 1 aromatic heterocycles. The van der Waals surface area contributed by atoms with Crippen molar-refractivity contribution in [1.29, 1.82) is 5.26 Å². The van der Waals surface area contributed by atoms with Gasteiger partial charge >= 0.3 is 0 Å². The number of nitriles is 1. The summed E-state index contributed by atoms with van der Waals surface area (Å²) >= 11 is 0. The third-order valence-corrected chi connectivity index (χ3v) is 3.15. The lowest BCUT2D eigenvalue weighted by Crippen LogP contribution is -2.09. The molecule has 3 nitrogen and oxygen atoms in total. The minimum absolute atomic E-state index is 0.471. The third-order valence-electron chi connectivity index (χ3n) is 3.15. The van der Waals surface area contributed by atoms with E-state index in [0.717, 1.165) is 18.6 Å². The molecule has 0 saturated heterocycles. The van der Waals surface area contributed by atoms with Crippen molar-refractivity contribution in [3.05, 3.63) is 29.6 Å². The number of hydrogen-bond acceptors (Lipinski definition) is 3. The Kier molecular flexibility index (Phi) is 7.05. The normalized spacial score (nSPS) is 12.1. The average molecular weight is 246 g/mol. The lowest BCUT2D eigenvalue weighted by atomic mass is 10.0. The summed E-state index contributed by atoms with van der Waals surface area (Å²) in [6.45, 7) is 5.67. The van der Waals surface area contributed by atoms with Gasteiger partial charge in [-0.25, -0.2) is 4.98 Å². The summed E-state index contributed by atoms with van der Waals surface area (Å²) in [5, 5.41) is 8.92. The smallest absolute Gasteiger partial charge is 0.145 e. The maximum Gasteiger partial charge on any atom is 0.145 e. The Hall–Kier alpha value is -1.40. The zero-order chi connectivity index (χ0) is 13.2. The first-order valence-electron chi connectivity index (χ1n) is 6.73. The molecule has 98 valence electrons. The molecule has 0 aliphatic rings. The van der Waals surface area contributed by atoms with Gasteiger partial charge in [-0.05, 0) is 18.4 Å². The van der Waals surface area contributed by atoms with Crippen LogP contribution in [0.15, 0.2) is 18.3 Å². The standard InChI is InChI=1S/C15H22N2O/c1-3-5-7-13(4-2)11-18-12-14-8-6-9-17-15(14)10-16/h6,8-9,13H,3-5,7,11-12H2,1-2H3. The van der Waals surface area contributed by atoms with Gasteiger partial charge in [0.2, 0.25) is 0 Å². The van der Waals surface area contributed by atoms with Gasteiger partial charge in [-0.2, -0.15) is 5.26 Å². The van der Waals surface area contributed by atoms with Crippen molar-refractivity contribution in [2.75, 3.05) is 6.61 Å². The molecule has 0 aliphatic carbocycles. The first-order chi connectivity index (χ1) is 8.81. The number of aromatic nitrogens is 1. The molecular weight excluding hydrogens is 224 g/mol. The lowest BCUT2D eigenvalue weighted by molar-refractivity contribution is 0.0817. The Morgan fingerprint density at radius 2 is 2.28 bits per heavy atom. The van der Waals surface area contributed by atoms with Crippen LogP contribution in [0, 0.1) is 17.2 Å². The lowest BCUT2D eigenvalue weighted by Gasteiger charge is -2.14. The van der Waals surface area contributed by atoms with Crippen LogP contribution in [0.3, 0.4) is 0 Å². The Labute approximate surface area is 110 Å². The van der Waals surface area contributed by atoms with E-state index in [9.17, 15) is 0 Å². The van der Waals surface area contributed by atoms with E-state index in [1.807, 2.05) is 12.1 Å². The Morgan fingerprint density at radius 1 is 1.44 bits per heavy atom. The van der Waals surface area contributed by atoms with Crippen molar-refractivity contribution in [1.82, 2.24) is 4.98 Å². The molecule has 1 heterocycles. The van der Waals surface area contributed by atoms with Crippen LogP contribution in [-0.4, -0.2) is 11.6 Å². The molecule has 0 N–H and O–H groups in total. The third kappa shape index (κ3) is 4.85. The Morgan fingerprint density at radius 3 is 2.94 bits per heavy atom. The van der Waals surface area contributed by atoms with E-state index < -0.39 is 0 Å². The highest BCUT2D eigenvalue weighted by Crippen LogP contribution is 2.14. The van der Waals surface area contributed by atoms with E-state index in [4.69, 9.17) is 10.00 Å². The van der Waals surface area contributed by atoms with Crippen LogP contribution < -0.4 is 0 Å². The summed E-state index contributed by atoms with van der Waals surface area (Å²) in [6, 6.07) is 5.83. The van der Waals surface area contributed by atoms with Crippen molar-refractivity contribution in [2.45, 2.75) is 46.1 Å². The maximum absolute atomic E-state index is 8.92. The number of hydrogen-bond donors (Lipinski definition) is 0. The van der Waals surface area contributed by atoms with Gasteiger partial charge in [0.1, 0.15) is 11.8 Å². The van der Waals surface area contributed by atoms with Gasteiger partial charge in [-0.15, -0.1) is 0 Å². The second-order valence-electron chi connectivity index (χ2n) is 4.55. The van der Waals surface area contributed by atoms with Gasteiger partial charge < -0.3 is 4.74 Å². The average Bonchev–Trinajstić information content (AvgIpc) is 2.43. The molecule has 3 heteroatoms. The molecule has 1 rings (SSSR count). The molecule has 1 aromatic rings. The Balaban J connectivity index is 2.38. The Bertz CT molecular complexity index is 384. The fourth-order valence-electron chi connectivity index (χ4n) is 1.89. The first kappa shape index (κ1) is 14.7. The highest BCUT2D eigenvalue weighted by molar-refractivity contribution is 5.29. The fraction of sp³-hybridized carbons (Fsp3) is 0.600. The van der Waals surface area contributed by atoms with E-state index in [2.05, 4.69) is 24.9 Å². The largest absolute Gasteiger partial charge is 0.376 e. The highest BCUT2D eigenvalue weighted by Gasteiger charge is 2.07. The number of unbranched alkanes of at least 4 members (excludes halogenated alkanes) is 1. The SMILES string of the molecule is CCCCC(CC)COCc1cccnc1C#N. The molecule has 18 heavy (non-hydrogen) atoms. The van der Waals surface area contributed by atoms with Crippen LogP contribution in [0.2, 0.25) is 0 Å². The van der Waals surface area contributed by atoms with Gasteiger partial charge in [-0.3, -0.25) is 0 Å². The summed E-state index contributed by atoms with van der Waals surface area (Å²) in [5.41, 5.74) is 1.35. The molecule has 0 aliphatic heterocycles. The number of rotatable bonds is 8. The van der Waals surface area contributed by atoms with Crippen molar-refractivity contribution in [3.8, 4) is 6.07 Å². The molecule has 0 aromatic carbocycles. The highest BCUT2D eigenvalue weighted by atomic mass is 16.5. The molecular formula is C15H22N2O. The van der Waals surface area contributed by atoms with Crippen molar-refractivity contribution in [2.24, 2.45) is 5.92 Å². The van der Waals surface area contributed by atoms with Gasteiger partial charge in [0.05, 0.1) is 6.61 Å². The van der Waals surface area contributed by atoms with Crippen LogP contribution >= 0.6 is 0 Å². The van der Waals surface area contributed by atoms with Gasteiger partial charge in [0.15, 0.2) is 0 Å². The van der Waals surface area contributed by atoms with Gasteiger partial charge in [0, 0.05) is 18.4 Å². The zero-order valence-electron chi connectivity index (χ0n) is 11.4. The second kappa shape index (κ2) is 8.66. The van der Waals surface area contributed by atoms with Crippen LogP contribution in [0.4, 0.5) is 0 Å². The summed E-state index contributed by atoms with van der Waals surface area (Å²) < 4.78 is 5.72. The zero-order valence-corrected chi connectivity index (χ0v) is 11.4. The first-order valence-corrected chi connectivity index (χ1v) is 6.73. The second-order valence-corrected chi connectivity index (χ2v) is 4.55. The molecule has 0 fully saturated rings. The molecule has 0 saturated carbocycles. The molecule has 0 amide bonds. The minimum Gasteiger partial charge on any atom is -0.376 e. The predicted molar refractivity (Wildman–Crippen MR) is 71.9 cm³/mol. The number of nitrogens with zero attached hydrogens (tertiary/aromatic N) is 2. The minimum atomic E-state index is 0.471. The molecule has 0 spiro atoms. The topological polar surface area (TPSA) is 45.9 Å². The molecule has 0 bridgehead atoms. The van der Waals surface area contributed by atoms with Crippen molar-refractivity contribution >= 4 is 0 Å². The maximum atomic E-state index is 8.92. The molecule has 1 atom stereocenters. The monoisotopic (exact) mass is 246 g/mol. The summed E-state index contributed by atoms with van der Waals surface area (Å²) in [7, 11) is 0. The van der Waals surface area contributed by atoms with Crippen LogP contribution in [0.1, 0.15) is 50.8 Å². The number of ether oxygens (including phenoxy) is 1. The predicted octanol–water partition coefficient (Wildman–Crippen LogP) is 3.69. The number of pyridine rings is 1. The van der Waals surface area contributed by atoms with E-state index in [1.165, 1.54) is 19.3 Å². The van der Waals surface area contributed by atoms with E-state index in [1.54, 1.807) is 6.20 Å². The van der Waals surface area contributed by atoms with E-state index in [-0.39, 0.29) is 0 Å². The molecule has 1 unspecified atom stereocenters. The van der Waals surface area contributed by atoms with Gasteiger partial charge in [-0.1, -0.05) is 39.2 Å². The van der Waals surface area contributed by atoms with Crippen molar-refractivity contribution in [3.63, 3.8) is 0 Å². The van der Waals surface area contributed by atoms with Crippen LogP contribution in [0.5, 0.6) is 0 Å². The van der Waals surface area contributed by atoms with Crippen LogP contribution in [0.25, 0.3) is 0 Å². The van der Waals surface area contributed by atoms with Crippen LogP contribution in [-0.2, 0) is 11.3 Å². The van der Waals surface area contributed by atoms with E-state index in [0.29, 0.717) is 18.2 Å². The summed E-state index contributed by atoms with van der Waals surface area (Å²) in [4.78, 5) is 4.02. The molecule has 0 radical (unpaired) electrons.